The molecule has 142 valence electrons. The van der Waals surface area contributed by atoms with Gasteiger partial charge in [-0.15, -0.1) is 0 Å². The molecule has 0 saturated carbocycles. The zero-order valence-corrected chi connectivity index (χ0v) is 16.1. The van der Waals surface area contributed by atoms with Crippen LogP contribution in [0.3, 0.4) is 0 Å². The van der Waals surface area contributed by atoms with Crippen molar-refractivity contribution in [3.8, 4) is 0 Å². The van der Waals surface area contributed by atoms with Crippen molar-refractivity contribution in [1.29, 1.82) is 0 Å². The maximum atomic E-state index is 13.1. The molecule has 7 heteroatoms. The predicted octanol–water partition coefficient (Wildman–Crippen LogP) is 3.05. The van der Waals surface area contributed by atoms with Crippen LogP contribution in [0.2, 0.25) is 0 Å². The molecule has 1 aliphatic heterocycles. The van der Waals surface area contributed by atoms with E-state index >= 15 is 0 Å². The van der Waals surface area contributed by atoms with Crippen LogP contribution in [-0.2, 0) is 22.9 Å². The number of pyridine rings is 1. The van der Waals surface area contributed by atoms with Crippen LogP contribution in [0.25, 0.3) is 11.0 Å². The molecule has 1 aliphatic rings. The Kier molecular flexibility index (Phi) is 4.60. The van der Waals surface area contributed by atoms with Gasteiger partial charge < -0.3 is 9.13 Å². The molecule has 0 saturated heterocycles. The lowest BCUT2D eigenvalue weighted by molar-refractivity contribution is 0.577. The topological polar surface area (TPSA) is 74.0 Å². The van der Waals surface area contributed by atoms with Gasteiger partial charge in [0.25, 0.3) is 5.56 Å². The number of aromatic nitrogens is 3. The van der Waals surface area contributed by atoms with Crippen molar-refractivity contribution < 1.29 is 8.42 Å². The van der Waals surface area contributed by atoms with Crippen LogP contribution >= 0.6 is 0 Å². The number of hydrogen-bond acceptors (Lipinski definition) is 4. The van der Waals surface area contributed by atoms with Crippen molar-refractivity contribution in [3.63, 3.8) is 0 Å². The lowest BCUT2D eigenvalue weighted by Gasteiger charge is -2.14. The first kappa shape index (κ1) is 18.2. The third-order valence-corrected chi connectivity index (χ3v) is 5.98. The largest absolute Gasteiger partial charge is 0.309 e. The fourth-order valence-corrected chi connectivity index (χ4v) is 4.62. The van der Waals surface area contributed by atoms with Crippen LogP contribution < -0.4 is 5.56 Å². The van der Waals surface area contributed by atoms with E-state index in [9.17, 15) is 13.2 Å². The molecule has 3 aromatic rings. The van der Waals surface area contributed by atoms with Crippen LogP contribution in [0, 0.1) is 0 Å². The molecular weight excluding hydrogens is 374 g/mol. The summed E-state index contributed by atoms with van der Waals surface area (Å²) in [6.07, 6.45) is 8.84. The smallest absolute Gasteiger partial charge is 0.277 e. The fraction of sp³-hybridized carbons (Fsp3) is 0.143. The lowest BCUT2D eigenvalue weighted by atomic mass is 10.2. The Morgan fingerprint density at radius 2 is 1.93 bits per heavy atom. The molecule has 0 unspecified atom stereocenters. The summed E-state index contributed by atoms with van der Waals surface area (Å²) >= 11 is 0. The number of fused-ring (bicyclic) bond motifs is 3. The summed E-state index contributed by atoms with van der Waals surface area (Å²) in [4.78, 5) is 17.3. The molecule has 0 spiro atoms. The highest BCUT2D eigenvalue weighted by atomic mass is 32.2. The lowest BCUT2D eigenvalue weighted by Crippen LogP contribution is -2.24. The van der Waals surface area contributed by atoms with Crippen LogP contribution in [0.15, 0.2) is 87.8 Å². The Morgan fingerprint density at radius 3 is 2.68 bits per heavy atom. The van der Waals surface area contributed by atoms with Gasteiger partial charge in [-0.25, -0.2) is 13.4 Å². The molecule has 3 heterocycles. The summed E-state index contributed by atoms with van der Waals surface area (Å²) in [5, 5.41) is 1.14. The first-order valence-corrected chi connectivity index (χ1v) is 10.4. The van der Waals surface area contributed by atoms with E-state index in [1.165, 1.54) is 9.98 Å². The van der Waals surface area contributed by atoms with Gasteiger partial charge in [0, 0.05) is 11.6 Å². The molecule has 0 bridgehead atoms. The normalized spacial score (nSPS) is 16.0. The highest BCUT2D eigenvalue weighted by molar-refractivity contribution is 7.94. The average Bonchev–Trinajstić information content (AvgIpc) is 3.05. The van der Waals surface area contributed by atoms with Crippen molar-refractivity contribution >= 4 is 20.9 Å². The molecule has 0 atom stereocenters. The molecule has 0 radical (unpaired) electrons. The van der Waals surface area contributed by atoms with E-state index in [4.69, 9.17) is 0 Å². The highest BCUT2D eigenvalue weighted by Crippen LogP contribution is 2.26. The van der Waals surface area contributed by atoms with Gasteiger partial charge in [0.1, 0.15) is 5.52 Å². The van der Waals surface area contributed by atoms with E-state index in [0.29, 0.717) is 23.2 Å². The van der Waals surface area contributed by atoms with E-state index in [0.717, 1.165) is 5.56 Å². The molecule has 0 amide bonds. The third-order valence-electron chi connectivity index (χ3n) is 4.55. The SMILES string of the molecule is C/C=C\C=C/C1=CS(=O)(=O)c2nc3ccn(Cc4ccccc4)c(=O)c3n2C1. The first-order valence-electron chi connectivity index (χ1n) is 8.88. The Hall–Kier alpha value is -3.19. The molecule has 0 aliphatic carbocycles. The average molecular weight is 393 g/mol. The van der Waals surface area contributed by atoms with Gasteiger partial charge in [-0.1, -0.05) is 54.6 Å². The van der Waals surface area contributed by atoms with Crippen molar-refractivity contribution in [2.45, 2.75) is 25.2 Å². The molecule has 1 aromatic carbocycles. The maximum Gasteiger partial charge on any atom is 0.277 e. The van der Waals surface area contributed by atoms with Gasteiger partial charge in [-0.2, -0.15) is 0 Å². The Morgan fingerprint density at radius 1 is 1.14 bits per heavy atom. The van der Waals surface area contributed by atoms with Crippen LogP contribution in [0.1, 0.15) is 12.5 Å². The Labute approximate surface area is 162 Å². The Bertz CT molecular complexity index is 1290. The minimum Gasteiger partial charge on any atom is -0.309 e. The van der Waals surface area contributed by atoms with E-state index in [1.54, 1.807) is 29.0 Å². The van der Waals surface area contributed by atoms with Gasteiger partial charge >= 0.3 is 0 Å². The number of benzene rings is 1. The van der Waals surface area contributed by atoms with Gasteiger partial charge in [0.2, 0.25) is 15.0 Å². The zero-order chi connectivity index (χ0) is 19.7. The van der Waals surface area contributed by atoms with Crippen molar-refractivity contribution in [3.05, 3.63) is 93.8 Å². The van der Waals surface area contributed by atoms with Crippen LogP contribution in [0.4, 0.5) is 0 Å². The number of hydrogen-bond donors (Lipinski definition) is 0. The van der Waals surface area contributed by atoms with Crippen molar-refractivity contribution in [2.75, 3.05) is 0 Å². The first-order chi connectivity index (χ1) is 13.5. The molecule has 2 aromatic heterocycles. The van der Waals surface area contributed by atoms with E-state index in [-0.39, 0.29) is 17.3 Å². The van der Waals surface area contributed by atoms with Gasteiger partial charge in [-0.05, 0) is 24.1 Å². The number of sulfone groups is 1. The van der Waals surface area contributed by atoms with Crippen molar-refractivity contribution in [2.24, 2.45) is 0 Å². The number of imidazole rings is 1. The second kappa shape index (κ2) is 7.09. The van der Waals surface area contributed by atoms with Crippen LogP contribution in [-0.4, -0.2) is 22.5 Å². The standard InChI is InChI=1S/C21H19N3O3S/c1-2-3-5-10-17-14-24-19-18(22-21(24)28(26,27)15-17)11-12-23(20(19)25)13-16-8-6-4-7-9-16/h2-12,15H,13-14H2,1H3/b3-2-,10-5-. The number of rotatable bonds is 4. The summed E-state index contributed by atoms with van der Waals surface area (Å²) in [7, 11) is -3.71. The quantitative estimate of drug-likeness (QED) is 0.639. The number of nitrogens with zero attached hydrogens (tertiary/aromatic N) is 3. The predicted molar refractivity (Wildman–Crippen MR) is 109 cm³/mol. The molecular formula is C21H19N3O3S. The second-order valence-corrected chi connectivity index (χ2v) is 8.26. The monoisotopic (exact) mass is 393 g/mol. The number of allylic oxidation sites excluding steroid dienone is 5. The summed E-state index contributed by atoms with van der Waals surface area (Å²) in [5.41, 5.74) is 2.03. The Balaban J connectivity index is 1.84. The van der Waals surface area contributed by atoms with Gasteiger partial charge in [-0.3, -0.25) is 4.79 Å². The van der Waals surface area contributed by atoms with Crippen molar-refractivity contribution in [1.82, 2.24) is 14.1 Å². The minimum atomic E-state index is -3.71. The molecule has 0 N–H and O–H groups in total. The molecule has 28 heavy (non-hydrogen) atoms. The molecule has 0 fully saturated rings. The molecule has 6 nitrogen and oxygen atoms in total. The molecule has 4 rings (SSSR count). The summed E-state index contributed by atoms with van der Waals surface area (Å²) in [6, 6.07) is 11.3. The van der Waals surface area contributed by atoms with E-state index in [1.807, 2.05) is 49.4 Å². The van der Waals surface area contributed by atoms with Gasteiger partial charge in [0.05, 0.1) is 18.6 Å². The van der Waals surface area contributed by atoms with Crippen LogP contribution in [0.5, 0.6) is 0 Å². The minimum absolute atomic E-state index is 0.0831. The third kappa shape index (κ3) is 3.25. The summed E-state index contributed by atoms with van der Waals surface area (Å²) in [6.45, 7) is 2.57. The summed E-state index contributed by atoms with van der Waals surface area (Å²) < 4.78 is 28.4. The van der Waals surface area contributed by atoms with E-state index < -0.39 is 9.84 Å². The fourth-order valence-electron chi connectivity index (χ4n) is 3.28. The highest BCUT2D eigenvalue weighted by Gasteiger charge is 2.28. The van der Waals surface area contributed by atoms with E-state index in [2.05, 4.69) is 4.98 Å². The summed E-state index contributed by atoms with van der Waals surface area (Å²) in [5.74, 6) is 0. The van der Waals surface area contributed by atoms with Gasteiger partial charge in [0.15, 0.2) is 0 Å². The maximum absolute atomic E-state index is 13.1. The second-order valence-electron chi connectivity index (χ2n) is 6.57. The zero-order valence-electron chi connectivity index (χ0n) is 15.3.